The lowest BCUT2D eigenvalue weighted by Crippen LogP contribution is -2.40. The maximum Gasteiger partial charge on any atom is 0.195 e. The third-order valence-corrected chi connectivity index (χ3v) is 4.52. The lowest BCUT2D eigenvalue weighted by Gasteiger charge is -2.33. The van der Waals surface area contributed by atoms with Gasteiger partial charge in [0.05, 0.1) is 11.8 Å². The van der Waals surface area contributed by atoms with E-state index in [9.17, 15) is 0 Å². The quantitative estimate of drug-likeness (QED) is 0.917. The molecule has 6 heteroatoms. The van der Waals surface area contributed by atoms with E-state index in [0.29, 0.717) is 6.10 Å². The van der Waals surface area contributed by atoms with Gasteiger partial charge in [-0.15, -0.1) is 11.3 Å². The van der Waals surface area contributed by atoms with Crippen LogP contribution in [0.25, 0.3) is 4.96 Å². The highest BCUT2D eigenvalue weighted by molar-refractivity contribution is 7.15. The minimum absolute atomic E-state index is 0.343. The highest BCUT2D eigenvalue weighted by Gasteiger charge is 2.25. The van der Waals surface area contributed by atoms with Gasteiger partial charge in [-0.05, 0) is 26.8 Å². The fourth-order valence-corrected chi connectivity index (χ4v) is 3.64. The van der Waals surface area contributed by atoms with E-state index < -0.39 is 0 Å². The Balaban J connectivity index is 1.88. The molecule has 0 aliphatic carbocycles. The van der Waals surface area contributed by atoms with Gasteiger partial charge in [0.15, 0.2) is 10.8 Å². The zero-order chi connectivity index (χ0) is 13.9. The second-order valence-electron chi connectivity index (χ2n) is 5.13. The molecule has 1 fully saturated rings. The molecule has 2 aromatic heterocycles. The molecule has 1 saturated heterocycles. The van der Waals surface area contributed by atoms with Crippen molar-refractivity contribution in [2.24, 2.45) is 0 Å². The summed E-state index contributed by atoms with van der Waals surface area (Å²) >= 11 is 1.69. The van der Waals surface area contributed by atoms with Gasteiger partial charge in [-0.25, -0.2) is 4.98 Å². The van der Waals surface area contributed by atoms with Crippen LogP contribution in [0.5, 0.6) is 0 Å². The smallest absolute Gasteiger partial charge is 0.195 e. The number of nitrogens with zero attached hydrogens (tertiary/aromatic N) is 3. The number of hydrogen-bond donors (Lipinski definition) is 1. The van der Waals surface area contributed by atoms with Crippen molar-refractivity contribution >= 4 is 22.1 Å². The second kappa shape index (κ2) is 6.11. The van der Waals surface area contributed by atoms with Gasteiger partial charge in [0.2, 0.25) is 0 Å². The molecule has 1 aliphatic rings. The lowest BCUT2D eigenvalue weighted by atomic mass is 10.1. The van der Waals surface area contributed by atoms with Crippen LogP contribution in [0.3, 0.4) is 0 Å². The van der Waals surface area contributed by atoms with E-state index >= 15 is 0 Å². The van der Waals surface area contributed by atoms with E-state index in [4.69, 9.17) is 9.72 Å². The van der Waals surface area contributed by atoms with E-state index in [2.05, 4.69) is 33.1 Å². The third kappa shape index (κ3) is 2.55. The number of thiazole rings is 1. The highest BCUT2D eigenvalue weighted by atomic mass is 32.1. The molecule has 2 aromatic rings. The van der Waals surface area contributed by atoms with Crippen LogP contribution < -0.4 is 10.2 Å². The molecule has 20 heavy (non-hydrogen) atoms. The van der Waals surface area contributed by atoms with Crippen molar-refractivity contribution in [1.29, 1.82) is 0 Å². The predicted molar refractivity (Wildman–Crippen MR) is 82.7 cm³/mol. The second-order valence-corrected chi connectivity index (χ2v) is 6.01. The van der Waals surface area contributed by atoms with E-state index in [1.165, 1.54) is 12.1 Å². The minimum Gasteiger partial charge on any atom is -0.377 e. The molecule has 1 atom stereocenters. The van der Waals surface area contributed by atoms with Crippen LogP contribution in [0, 0.1) is 0 Å². The van der Waals surface area contributed by atoms with Crippen molar-refractivity contribution in [2.75, 3.05) is 31.6 Å². The Morgan fingerprint density at radius 1 is 1.55 bits per heavy atom. The fraction of sp³-hybridized carbons (Fsp3) is 0.643. The first kappa shape index (κ1) is 13.9. The molecular formula is C14H22N4OS. The summed E-state index contributed by atoms with van der Waals surface area (Å²) in [6.45, 7) is 5.72. The zero-order valence-corrected chi connectivity index (χ0v) is 12.9. The summed E-state index contributed by atoms with van der Waals surface area (Å²) < 4.78 is 8.00. The van der Waals surface area contributed by atoms with E-state index in [1.54, 1.807) is 11.3 Å². The molecule has 1 unspecified atom stereocenters. The minimum atomic E-state index is 0.343. The third-order valence-electron chi connectivity index (χ3n) is 3.76. The van der Waals surface area contributed by atoms with Crippen molar-refractivity contribution in [3.8, 4) is 0 Å². The van der Waals surface area contributed by atoms with Crippen LogP contribution >= 0.6 is 11.3 Å². The molecule has 0 saturated carbocycles. The van der Waals surface area contributed by atoms with Crippen molar-refractivity contribution in [3.05, 3.63) is 17.3 Å². The van der Waals surface area contributed by atoms with Crippen LogP contribution in [-0.2, 0) is 11.3 Å². The van der Waals surface area contributed by atoms with Gasteiger partial charge in [0.1, 0.15) is 0 Å². The largest absolute Gasteiger partial charge is 0.377 e. The maximum atomic E-state index is 5.80. The van der Waals surface area contributed by atoms with Crippen molar-refractivity contribution in [2.45, 2.75) is 32.4 Å². The van der Waals surface area contributed by atoms with Crippen LogP contribution in [0.15, 0.2) is 11.6 Å². The molecule has 3 rings (SSSR count). The first-order chi connectivity index (χ1) is 9.83. The predicted octanol–water partition coefficient (Wildman–Crippen LogP) is 2.12. The Kier molecular flexibility index (Phi) is 4.24. The molecule has 1 N–H and O–H groups in total. The summed E-state index contributed by atoms with van der Waals surface area (Å²) in [6, 6.07) is 0. The number of imidazole rings is 1. The van der Waals surface area contributed by atoms with Crippen molar-refractivity contribution in [1.82, 2.24) is 14.7 Å². The van der Waals surface area contributed by atoms with Gasteiger partial charge in [0, 0.05) is 37.8 Å². The van der Waals surface area contributed by atoms with Crippen LogP contribution in [0.4, 0.5) is 5.82 Å². The molecular weight excluding hydrogens is 272 g/mol. The molecule has 0 bridgehead atoms. The summed E-state index contributed by atoms with van der Waals surface area (Å²) in [7, 11) is 1.98. The summed E-state index contributed by atoms with van der Waals surface area (Å²) in [5.41, 5.74) is 1.25. The van der Waals surface area contributed by atoms with Gasteiger partial charge in [-0.3, -0.25) is 4.40 Å². The normalized spacial score (nSPS) is 19.9. The molecule has 0 radical (unpaired) electrons. The summed E-state index contributed by atoms with van der Waals surface area (Å²) in [4.78, 5) is 8.28. The lowest BCUT2D eigenvalue weighted by molar-refractivity contribution is 0.0525. The molecule has 0 amide bonds. The molecule has 110 valence electrons. The van der Waals surface area contributed by atoms with E-state index in [0.717, 1.165) is 43.4 Å². The molecule has 5 nitrogen and oxygen atoms in total. The van der Waals surface area contributed by atoms with Gasteiger partial charge >= 0.3 is 0 Å². The number of ether oxygens (including phenoxy) is 1. The number of aromatic nitrogens is 2. The number of rotatable bonds is 5. The summed E-state index contributed by atoms with van der Waals surface area (Å²) in [5, 5.41) is 5.34. The molecule has 1 aliphatic heterocycles. The van der Waals surface area contributed by atoms with Crippen LogP contribution in [-0.4, -0.2) is 42.2 Å². The van der Waals surface area contributed by atoms with Gasteiger partial charge in [0.25, 0.3) is 0 Å². The summed E-state index contributed by atoms with van der Waals surface area (Å²) in [5.74, 6) is 1.12. The summed E-state index contributed by atoms with van der Waals surface area (Å²) in [6.07, 6.45) is 4.78. The van der Waals surface area contributed by atoms with Gasteiger partial charge in [-0.1, -0.05) is 0 Å². The topological polar surface area (TPSA) is 41.8 Å². The van der Waals surface area contributed by atoms with E-state index in [1.807, 2.05) is 7.05 Å². The van der Waals surface area contributed by atoms with Crippen molar-refractivity contribution in [3.63, 3.8) is 0 Å². The fourth-order valence-electron chi connectivity index (χ4n) is 2.91. The first-order valence-corrected chi connectivity index (χ1v) is 8.17. The Labute approximate surface area is 123 Å². The van der Waals surface area contributed by atoms with Gasteiger partial charge in [-0.2, -0.15) is 0 Å². The van der Waals surface area contributed by atoms with E-state index in [-0.39, 0.29) is 0 Å². The SMILES string of the molecule is CCOC1CCCN(c2nc3sccn3c2CNC)C1. The number of nitrogens with one attached hydrogen (secondary N) is 1. The number of hydrogen-bond acceptors (Lipinski definition) is 5. The Morgan fingerprint density at radius 2 is 2.45 bits per heavy atom. The maximum absolute atomic E-state index is 5.80. The number of piperidine rings is 1. The highest BCUT2D eigenvalue weighted by Crippen LogP contribution is 2.27. The Morgan fingerprint density at radius 3 is 3.25 bits per heavy atom. The first-order valence-electron chi connectivity index (χ1n) is 7.29. The van der Waals surface area contributed by atoms with Crippen LogP contribution in [0.2, 0.25) is 0 Å². The molecule has 3 heterocycles. The Hall–Kier alpha value is -1.11. The van der Waals surface area contributed by atoms with Crippen molar-refractivity contribution < 1.29 is 4.74 Å². The number of anilines is 1. The zero-order valence-electron chi connectivity index (χ0n) is 12.1. The number of fused-ring (bicyclic) bond motifs is 1. The average molecular weight is 294 g/mol. The van der Waals surface area contributed by atoms with Gasteiger partial charge < -0.3 is 15.0 Å². The Bertz CT molecular complexity index is 563. The average Bonchev–Trinajstić information content (AvgIpc) is 3.02. The van der Waals surface area contributed by atoms with Crippen LogP contribution in [0.1, 0.15) is 25.5 Å². The molecule has 0 aromatic carbocycles. The molecule has 0 spiro atoms. The standard InChI is InChI=1S/C14H22N4OS/c1-3-19-11-5-4-6-17(10-11)13-12(9-15-2)18-7-8-20-14(18)16-13/h7-8,11,15H,3-6,9-10H2,1-2H3. The monoisotopic (exact) mass is 294 g/mol.